The number of thiophene rings is 1. The lowest BCUT2D eigenvalue weighted by molar-refractivity contribution is -0.154. The number of Topliss-reactive ketones (excluding diaryl/α,β-unsaturated/α-hetero) is 1. The molecular weight excluding hydrogens is 622 g/mol. The predicted octanol–water partition coefficient (Wildman–Crippen LogP) is 2.82. The summed E-state index contributed by atoms with van der Waals surface area (Å²) in [5, 5.41) is 24.1. The maximum atomic E-state index is 14.4. The number of carbonyl (C=O) groups excluding carboxylic acids is 5. The highest BCUT2D eigenvalue weighted by Gasteiger charge is 2.69. The summed E-state index contributed by atoms with van der Waals surface area (Å²) >= 11 is 1.51. The van der Waals surface area contributed by atoms with E-state index in [2.05, 4.69) is 29.8 Å². The van der Waals surface area contributed by atoms with Crippen molar-refractivity contribution in [2.75, 3.05) is 6.54 Å². The van der Waals surface area contributed by atoms with E-state index in [0.717, 1.165) is 37.7 Å². The Morgan fingerprint density at radius 1 is 1.13 bits per heavy atom. The number of nitrogens with two attached hydrogens (primary N) is 1. The average Bonchev–Trinajstić information content (AvgIpc) is 3.71. The molecule has 1 aromatic rings. The van der Waals surface area contributed by atoms with Crippen LogP contribution in [0.3, 0.4) is 0 Å². The molecule has 12 nitrogen and oxygen atoms in total. The molecule has 0 spiro atoms. The molecule has 0 aromatic carbocycles. The molecule has 4 aliphatic rings. The summed E-state index contributed by atoms with van der Waals surface area (Å²) in [5.74, 6) is -2.33. The summed E-state index contributed by atoms with van der Waals surface area (Å²) in [5.41, 5.74) is 4.16. The van der Waals surface area contributed by atoms with Gasteiger partial charge in [0, 0.05) is 12.1 Å². The Labute approximate surface area is 280 Å². The zero-order chi connectivity index (χ0) is 34.3. The fourth-order valence-corrected chi connectivity index (χ4v) is 8.41. The Morgan fingerprint density at radius 3 is 2.38 bits per heavy atom. The second kappa shape index (κ2) is 13.5. The Balaban J connectivity index is 1.31. The summed E-state index contributed by atoms with van der Waals surface area (Å²) < 4.78 is 5.66. The third kappa shape index (κ3) is 7.67. The molecule has 1 aromatic heterocycles. The Bertz CT molecular complexity index is 1350. The number of primary amides is 1. The van der Waals surface area contributed by atoms with Crippen LogP contribution in [-0.4, -0.2) is 76.0 Å². The average molecular weight is 674 g/mol. The number of likely N-dealkylation sites (tertiary alicyclic amines) is 1. The van der Waals surface area contributed by atoms with Crippen molar-refractivity contribution in [1.29, 1.82) is 0 Å². The van der Waals surface area contributed by atoms with E-state index in [4.69, 9.17) is 10.5 Å². The van der Waals surface area contributed by atoms with Crippen molar-refractivity contribution in [3.8, 4) is 0 Å². The second-order valence-corrected chi connectivity index (χ2v) is 16.5. The van der Waals surface area contributed by atoms with Crippen LogP contribution >= 0.6 is 11.3 Å². The van der Waals surface area contributed by atoms with Gasteiger partial charge in [0.05, 0.1) is 12.1 Å². The summed E-state index contributed by atoms with van der Waals surface area (Å²) in [7, 11) is 0. The van der Waals surface area contributed by atoms with E-state index < -0.39 is 59.0 Å². The molecule has 13 heteroatoms. The monoisotopic (exact) mass is 673 g/mol. The first kappa shape index (κ1) is 35.3. The Hall–Kier alpha value is -3.03. The van der Waals surface area contributed by atoms with Crippen molar-refractivity contribution in [3.05, 3.63) is 22.4 Å². The summed E-state index contributed by atoms with van der Waals surface area (Å²) in [4.78, 5) is 67.6. The number of carbonyl (C=O) groups is 5. The predicted molar refractivity (Wildman–Crippen MR) is 176 cm³/mol. The van der Waals surface area contributed by atoms with Crippen molar-refractivity contribution in [2.24, 2.45) is 34.3 Å². The maximum Gasteiger partial charge on any atom is 0.332 e. The topological polar surface area (TPSA) is 180 Å². The molecule has 0 bridgehead atoms. The number of fused-ring (bicyclic) bond motifs is 1. The van der Waals surface area contributed by atoms with Gasteiger partial charge in [0.2, 0.25) is 11.7 Å². The number of hydrogen-bond donors (Lipinski definition) is 5. The molecular formula is C34H51N5O7S. The molecule has 47 heavy (non-hydrogen) atoms. The molecule has 2 heterocycles. The molecule has 260 valence electrons. The van der Waals surface area contributed by atoms with Gasteiger partial charge in [-0.1, -0.05) is 66.7 Å². The van der Waals surface area contributed by atoms with Crippen LogP contribution < -0.4 is 21.7 Å². The van der Waals surface area contributed by atoms with Crippen molar-refractivity contribution < 1.29 is 33.8 Å². The SMILES string of the molecule is CC(C)(C)[C@H](NC(=O)NC1(C(=O)OCc2ccsc2)CCCCC1)C(=O)N1C[C@H]2[C@@H]([C@H]1C(O)NC(CC1CC1)C(=O)C(N)=O)C2(C)C. The van der Waals surface area contributed by atoms with E-state index in [1.54, 1.807) is 4.90 Å². The molecule has 3 saturated carbocycles. The zero-order valence-electron chi connectivity index (χ0n) is 28.2. The number of rotatable bonds is 13. The number of hydrogen-bond acceptors (Lipinski definition) is 9. The van der Waals surface area contributed by atoms with Crippen LogP contribution in [0.5, 0.6) is 0 Å². The molecule has 1 saturated heterocycles. The van der Waals surface area contributed by atoms with Crippen LogP contribution in [-0.2, 0) is 30.5 Å². The first-order valence-electron chi connectivity index (χ1n) is 16.9. The van der Waals surface area contributed by atoms with Crippen LogP contribution in [0.2, 0.25) is 0 Å². The number of aliphatic hydroxyl groups is 1. The van der Waals surface area contributed by atoms with Crippen molar-refractivity contribution in [1.82, 2.24) is 20.9 Å². The largest absolute Gasteiger partial charge is 0.459 e. The number of urea groups is 1. The van der Waals surface area contributed by atoms with E-state index in [1.807, 2.05) is 37.6 Å². The van der Waals surface area contributed by atoms with E-state index in [0.29, 0.717) is 25.8 Å². The van der Waals surface area contributed by atoms with E-state index >= 15 is 0 Å². The number of aliphatic hydroxyl groups excluding tert-OH is 1. The smallest absolute Gasteiger partial charge is 0.332 e. The van der Waals surface area contributed by atoms with E-state index in [9.17, 15) is 29.1 Å². The highest BCUT2D eigenvalue weighted by atomic mass is 32.1. The molecule has 3 aliphatic carbocycles. The second-order valence-electron chi connectivity index (χ2n) is 15.8. The van der Waals surface area contributed by atoms with Gasteiger partial charge in [0.15, 0.2) is 0 Å². The number of piperidine rings is 1. The first-order chi connectivity index (χ1) is 22.0. The molecule has 5 rings (SSSR count). The molecule has 6 N–H and O–H groups in total. The molecule has 4 amide bonds. The van der Waals surface area contributed by atoms with Gasteiger partial charge >= 0.3 is 12.0 Å². The lowest BCUT2D eigenvalue weighted by atomic mass is 9.81. The molecule has 4 fully saturated rings. The van der Waals surface area contributed by atoms with Gasteiger partial charge in [-0.3, -0.25) is 19.7 Å². The van der Waals surface area contributed by atoms with Gasteiger partial charge in [0.1, 0.15) is 24.4 Å². The Kier molecular flexibility index (Phi) is 10.1. The van der Waals surface area contributed by atoms with Crippen LogP contribution in [0, 0.1) is 28.6 Å². The number of ketones is 1. The third-order valence-corrected chi connectivity index (χ3v) is 11.6. The molecule has 0 radical (unpaired) electrons. The normalized spacial score (nSPS) is 26.3. The Morgan fingerprint density at radius 2 is 1.81 bits per heavy atom. The summed E-state index contributed by atoms with van der Waals surface area (Å²) in [6.07, 6.45) is 4.33. The summed E-state index contributed by atoms with van der Waals surface area (Å²) in [6, 6.07) is -1.37. The van der Waals surface area contributed by atoms with Gasteiger partial charge < -0.3 is 31.1 Å². The number of nitrogens with one attached hydrogen (secondary N) is 3. The van der Waals surface area contributed by atoms with Crippen molar-refractivity contribution >= 4 is 40.9 Å². The van der Waals surface area contributed by atoms with Gasteiger partial charge in [0.25, 0.3) is 5.91 Å². The minimum Gasteiger partial charge on any atom is -0.459 e. The molecule has 1 aliphatic heterocycles. The first-order valence-corrected chi connectivity index (χ1v) is 17.8. The van der Waals surface area contributed by atoms with Crippen LogP contribution in [0.4, 0.5) is 4.79 Å². The highest BCUT2D eigenvalue weighted by Crippen LogP contribution is 2.65. The number of amides is 4. The number of ether oxygens (including phenoxy) is 1. The van der Waals surface area contributed by atoms with Gasteiger partial charge in [-0.2, -0.15) is 11.3 Å². The van der Waals surface area contributed by atoms with Gasteiger partial charge in [-0.15, -0.1) is 0 Å². The van der Waals surface area contributed by atoms with Crippen LogP contribution in [0.15, 0.2) is 16.8 Å². The third-order valence-electron chi connectivity index (χ3n) is 10.9. The zero-order valence-corrected chi connectivity index (χ0v) is 29.0. The fourth-order valence-electron chi connectivity index (χ4n) is 7.76. The number of nitrogens with zero attached hydrogens (tertiary/aromatic N) is 1. The maximum absolute atomic E-state index is 14.4. The standard InChI is InChI=1S/C34H51N5O7S/c1-32(2,3)26(37-31(45)38-34(12-7-6-8-13-34)30(44)46-17-20-11-14-47-18-20)29(43)39-16-21-23(33(21,4)5)24(39)28(42)36-22(15-19-9-10-19)25(40)27(35)41/h11,14,18-19,21-24,26,28,36,42H,6-10,12-13,15-17H2,1-5H3,(H2,35,41)(H2,37,38,45)/t21-,22?,23-,24-,26+,28?/m0/s1. The van der Waals surface area contributed by atoms with Crippen LogP contribution in [0.1, 0.15) is 91.5 Å². The highest BCUT2D eigenvalue weighted by molar-refractivity contribution is 7.07. The minimum atomic E-state index is -1.29. The molecule has 2 unspecified atom stereocenters. The fraction of sp³-hybridized carbons (Fsp3) is 0.735. The van der Waals surface area contributed by atoms with Gasteiger partial charge in [-0.05, 0) is 64.7 Å². The summed E-state index contributed by atoms with van der Waals surface area (Å²) in [6.45, 7) is 10.2. The van der Waals surface area contributed by atoms with Crippen LogP contribution in [0.25, 0.3) is 0 Å². The number of esters is 1. The van der Waals surface area contributed by atoms with E-state index in [-0.39, 0.29) is 35.7 Å². The van der Waals surface area contributed by atoms with E-state index in [1.165, 1.54) is 11.3 Å². The quantitative estimate of drug-likeness (QED) is 0.120. The lowest BCUT2D eigenvalue weighted by Gasteiger charge is -2.41. The molecule has 6 atom stereocenters. The van der Waals surface area contributed by atoms with Crippen molar-refractivity contribution in [3.63, 3.8) is 0 Å². The lowest BCUT2D eigenvalue weighted by Crippen LogP contribution is -2.65. The van der Waals surface area contributed by atoms with Gasteiger partial charge in [-0.25, -0.2) is 9.59 Å². The van der Waals surface area contributed by atoms with Crippen molar-refractivity contribution in [2.45, 2.75) is 122 Å². The minimum absolute atomic E-state index is 0.0443.